The zero-order chi connectivity index (χ0) is 45.9. The van der Waals surface area contributed by atoms with Crippen LogP contribution in [0.1, 0.15) is 22.3 Å². The van der Waals surface area contributed by atoms with Crippen LogP contribution in [0.4, 0.5) is 17.1 Å². The number of nitrogens with zero attached hydrogens (tertiary/aromatic N) is 1. The standard InChI is InChI=1S/C67H41NOS/c1-2-17-42(18-3-1)46-19-8-13-30-60(46)68(44-35-33-43(34-36-44)47-26-16-27-53-52-23-9-14-31-61(52)69-66(47)53)45-37-38-51-49-21-5-4-20-48(49)50-22-6-11-28-56(50)67(59(51)41-45)57-29-12-7-24-54(57)64-58(67)39-40-63-65(64)55-25-10-15-32-62(55)70-63/h1-41H. The average molecular weight is 908 g/mol. The Labute approximate surface area is 409 Å². The van der Waals surface area contributed by atoms with Gasteiger partial charge in [0.25, 0.3) is 0 Å². The summed E-state index contributed by atoms with van der Waals surface area (Å²) in [5.74, 6) is 0. The summed E-state index contributed by atoms with van der Waals surface area (Å²) in [6.07, 6.45) is 0. The van der Waals surface area contributed by atoms with Crippen LogP contribution in [-0.2, 0) is 5.41 Å². The lowest BCUT2D eigenvalue weighted by Crippen LogP contribution is -2.29. The maximum absolute atomic E-state index is 6.56. The monoisotopic (exact) mass is 907 g/mol. The highest BCUT2D eigenvalue weighted by atomic mass is 32.1. The predicted octanol–water partition coefficient (Wildman–Crippen LogP) is 18.8. The molecule has 326 valence electrons. The van der Waals surface area contributed by atoms with Gasteiger partial charge in [0, 0.05) is 53.4 Å². The summed E-state index contributed by atoms with van der Waals surface area (Å²) in [4.78, 5) is 2.47. The van der Waals surface area contributed by atoms with Gasteiger partial charge in [-0.05, 0) is 115 Å². The summed E-state index contributed by atoms with van der Waals surface area (Å²) in [7, 11) is 0. The fourth-order valence-corrected chi connectivity index (χ4v) is 13.4. The van der Waals surface area contributed by atoms with Crippen molar-refractivity contribution in [3.8, 4) is 55.6 Å². The highest BCUT2D eigenvalue weighted by Crippen LogP contribution is 2.64. The van der Waals surface area contributed by atoms with Crippen molar-refractivity contribution in [2.24, 2.45) is 0 Å². The lowest BCUT2D eigenvalue weighted by atomic mass is 9.65. The number of furan rings is 1. The van der Waals surface area contributed by atoms with Gasteiger partial charge in [0.15, 0.2) is 0 Å². The molecule has 3 heteroatoms. The molecule has 2 heterocycles. The molecule has 13 aromatic rings. The van der Waals surface area contributed by atoms with Crippen molar-refractivity contribution in [1.29, 1.82) is 0 Å². The summed E-state index contributed by atoms with van der Waals surface area (Å²) < 4.78 is 9.19. The number of hydrogen-bond acceptors (Lipinski definition) is 3. The summed E-state index contributed by atoms with van der Waals surface area (Å²) >= 11 is 1.89. The smallest absolute Gasteiger partial charge is 0.143 e. The van der Waals surface area contributed by atoms with E-state index >= 15 is 0 Å². The number of fused-ring (bicyclic) bond motifs is 19. The molecule has 0 bridgehead atoms. The summed E-state index contributed by atoms with van der Waals surface area (Å²) in [5, 5.41) is 4.91. The molecule has 0 amide bonds. The molecule has 0 radical (unpaired) electrons. The van der Waals surface area contributed by atoms with E-state index in [0.29, 0.717) is 0 Å². The molecule has 1 atom stereocenters. The van der Waals surface area contributed by atoms with Crippen molar-refractivity contribution in [2.45, 2.75) is 5.41 Å². The van der Waals surface area contributed by atoms with Crippen LogP contribution >= 0.6 is 11.3 Å². The van der Waals surface area contributed by atoms with Crippen LogP contribution in [0, 0.1) is 0 Å². The molecule has 0 fully saturated rings. The van der Waals surface area contributed by atoms with Gasteiger partial charge in [0.1, 0.15) is 11.2 Å². The van der Waals surface area contributed by atoms with E-state index in [4.69, 9.17) is 4.42 Å². The van der Waals surface area contributed by atoms with Crippen LogP contribution in [0.15, 0.2) is 253 Å². The van der Waals surface area contributed by atoms with Crippen LogP contribution in [0.3, 0.4) is 0 Å². The van der Waals surface area contributed by atoms with Crippen LogP contribution in [-0.4, -0.2) is 0 Å². The van der Waals surface area contributed by atoms with Crippen LogP contribution in [0.5, 0.6) is 0 Å². The first kappa shape index (κ1) is 39.3. The fraction of sp³-hybridized carbons (Fsp3) is 0.0149. The maximum Gasteiger partial charge on any atom is 0.143 e. The molecule has 0 aliphatic heterocycles. The van der Waals surface area contributed by atoms with E-state index in [9.17, 15) is 0 Å². The number of thiophene rings is 1. The SMILES string of the molecule is c1ccc(-c2ccccc2N(c2ccc(-c3cccc4c3oc3ccccc34)cc2)c2ccc3c(c2)C2(c4ccccc4-c4ccccc4-3)c3ccccc3-c3c2ccc2sc4ccccc4c32)cc1. The number of benzene rings is 11. The normalized spacial score (nSPS) is 14.3. The minimum absolute atomic E-state index is 0.663. The zero-order valence-electron chi connectivity index (χ0n) is 37.9. The van der Waals surface area contributed by atoms with E-state index in [1.54, 1.807) is 0 Å². The molecule has 0 saturated carbocycles. The quantitative estimate of drug-likeness (QED) is 0.171. The van der Waals surface area contributed by atoms with E-state index in [-0.39, 0.29) is 0 Å². The molecule has 0 saturated heterocycles. The Kier molecular flexibility index (Phi) is 8.48. The minimum atomic E-state index is -0.663. The van der Waals surface area contributed by atoms with Crippen molar-refractivity contribution in [3.63, 3.8) is 0 Å². The first-order valence-corrected chi connectivity index (χ1v) is 24.9. The maximum atomic E-state index is 6.56. The average Bonchev–Trinajstić information content (AvgIpc) is 4.08. The first-order chi connectivity index (χ1) is 34.7. The lowest BCUT2D eigenvalue weighted by molar-refractivity contribution is 0.670. The van der Waals surface area contributed by atoms with Crippen molar-refractivity contribution in [3.05, 3.63) is 271 Å². The molecule has 0 N–H and O–H groups in total. The third kappa shape index (κ3) is 5.49. The predicted molar refractivity (Wildman–Crippen MR) is 294 cm³/mol. The lowest BCUT2D eigenvalue weighted by Gasteiger charge is -2.36. The van der Waals surface area contributed by atoms with Gasteiger partial charge in [0.2, 0.25) is 0 Å². The summed E-state index contributed by atoms with van der Waals surface area (Å²) in [6.45, 7) is 0. The van der Waals surface area contributed by atoms with Crippen LogP contribution in [0.2, 0.25) is 0 Å². The van der Waals surface area contributed by atoms with Gasteiger partial charge in [-0.3, -0.25) is 0 Å². The largest absolute Gasteiger partial charge is 0.455 e. The Balaban J connectivity index is 1.02. The molecule has 2 aromatic heterocycles. The van der Waals surface area contributed by atoms with Crippen LogP contribution in [0.25, 0.3) is 97.7 Å². The number of hydrogen-bond donors (Lipinski definition) is 0. The second kappa shape index (κ2) is 15.1. The Morgan fingerprint density at radius 2 is 0.929 bits per heavy atom. The third-order valence-electron chi connectivity index (χ3n) is 15.1. The van der Waals surface area contributed by atoms with E-state index in [1.165, 1.54) is 75.8 Å². The molecule has 15 rings (SSSR count). The molecule has 70 heavy (non-hydrogen) atoms. The molecular weight excluding hydrogens is 867 g/mol. The van der Waals surface area contributed by atoms with Gasteiger partial charge in [0.05, 0.1) is 11.1 Å². The van der Waals surface area contributed by atoms with Gasteiger partial charge < -0.3 is 9.32 Å². The Morgan fingerprint density at radius 1 is 0.343 bits per heavy atom. The van der Waals surface area contributed by atoms with Gasteiger partial charge in [-0.25, -0.2) is 0 Å². The Morgan fingerprint density at radius 3 is 1.74 bits per heavy atom. The molecule has 1 spiro atoms. The van der Waals surface area contributed by atoms with Gasteiger partial charge >= 0.3 is 0 Å². The van der Waals surface area contributed by atoms with Gasteiger partial charge in [-0.2, -0.15) is 0 Å². The van der Waals surface area contributed by atoms with Crippen LogP contribution < -0.4 is 4.90 Å². The number of rotatable bonds is 5. The molecule has 1 unspecified atom stereocenters. The van der Waals surface area contributed by atoms with E-state index < -0.39 is 5.41 Å². The summed E-state index contributed by atoms with van der Waals surface area (Å²) in [5.41, 5.74) is 21.7. The number of anilines is 3. The molecular formula is C67H41NOS. The van der Waals surface area contributed by atoms with Crippen molar-refractivity contribution < 1.29 is 4.42 Å². The zero-order valence-corrected chi connectivity index (χ0v) is 38.8. The first-order valence-electron chi connectivity index (χ1n) is 24.1. The van der Waals surface area contributed by atoms with Crippen molar-refractivity contribution >= 4 is 70.5 Å². The molecule has 2 aliphatic rings. The summed E-state index contributed by atoms with van der Waals surface area (Å²) in [6, 6.07) is 92.1. The van der Waals surface area contributed by atoms with E-state index in [0.717, 1.165) is 61.3 Å². The van der Waals surface area contributed by atoms with Crippen molar-refractivity contribution in [1.82, 2.24) is 0 Å². The minimum Gasteiger partial charge on any atom is -0.455 e. The highest BCUT2D eigenvalue weighted by Gasteiger charge is 2.50. The second-order valence-corrected chi connectivity index (χ2v) is 19.7. The second-order valence-electron chi connectivity index (χ2n) is 18.6. The van der Waals surface area contributed by atoms with E-state index in [1.807, 2.05) is 17.4 Å². The molecule has 2 aliphatic carbocycles. The fourth-order valence-electron chi connectivity index (χ4n) is 12.2. The third-order valence-corrected chi connectivity index (χ3v) is 16.3. The van der Waals surface area contributed by atoms with Crippen molar-refractivity contribution in [2.75, 3.05) is 4.90 Å². The topological polar surface area (TPSA) is 16.4 Å². The molecule has 2 nitrogen and oxygen atoms in total. The Hall–Kier alpha value is -8.76. The number of para-hydroxylation sites is 3. The van der Waals surface area contributed by atoms with E-state index in [2.05, 4.69) is 248 Å². The molecule has 11 aromatic carbocycles. The Bertz CT molecular complexity index is 4250. The van der Waals surface area contributed by atoms with Gasteiger partial charge in [-0.15, -0.1) is 11.3 Å². The highest BCUT2D eigenvalue weighted by molar-refractivity contribution is 7.26. The van der Waals surface area contributed by atoms with Gasteiger partial charge in [-0.1, -0.05) is 200 Å².